The maximum atomic E-state index is 13.7. The van der Waals surface area contributed by atoms with Gasteiger partial charge in [-0.25, -0.2) is 8.42 Å². The van der Waals surface area contributed by atoms with Gasteiger partial charge in [0.15, 0.2) is 0 Å². The lowest BCUT2D eigenvalue weighted by Gasteiger charge is -2.19. The minimum atomic E-state index is -4.84. The predicted octanol–water partition coefficient (Wildman–Crippen LogP) is 4.50. The number of ether oxygens (including phenoxy) is 1. The van der Waals surface area contributed by atoms with E-state index in [2.05, 4.69) is 10.0 Å². The minimum Gasteiger partial charge on any atom is -0.368 e. The van der Waals surface area contributed by atoms with Gasteiger partial charge in [0, 0.05) is 12.3 Å². The lowest BCUT2D eigenvalue weighted by molar-refractivity contribution is -0.137. The number of hydrogen-bond acceptors (Lipinski definition) is 4. The molecule has 0 spiro atoms. The number of alkyl halides is 3. The quantitative estimate of drug-likeness (QED) is 0.677. The summed E-state index contributed by atoms with van der Waals surface area (Å²) in [4.78, 5) is 12.1. The van der Waals surface area contributed by atoms with E-state index in [-0.39, 0.29) is 10.6 Å². The summed E-state index contributed by atoms with van der Waals surface area (Å²) in [6.07, 6.45) is -0.758. The lowest BCUT2D eigenvalue weighted by atomic mass is 9.92. The van der Waals surface area contributed by atoms with Crippen LogP contribution in [0.4, 0.5) is 24.5 Å². The molecule has 1 saturated heterocycles. The van der Waals surface area contributed by atoms with Crippen molar-refractivity contribution in [2.24, 2.45) is 0 Å². The van der Waals surface area contributed by atoms with Gasteiger partial charge in [-0.3, -0.25) is 9.52 Å². The summed E-state index contributed by atoms with van der Waals surface area (Å²) >= 11 is 0. The van der Waals surface area contributed by atoms with Gasteiger partial charge in [0.2, 0.25) is 0 Å². The summed E-state index contributed by atoms with van der Waals surface area (Å²) in [7, 11) is -4.24. The van der Waals surface area contributed by atoms with Crippen molar-refractivity contribution in [3.63, 3.8) is 0 Å². The number of hydrogen-bond donors (Lipinski definition) is 2. The molecule has 32 heavy (non-hydrogen) atoms. The highest BCUT2D eigenvalue weighted by Gasteiger charge is 2.35. The van der Waals surface area contributed by atoms with Gasteiger partial charge in [-0.2, -0.15) is 13.2 Å². The molecule has 2 aliphatic rings. The Morgan fingerprint density at radius 2 is 1.75 bits per heavy atom. The number of rotatable bonds is 5. The Bertz CT molecular complexity index is 1130. The van der Waals surface area contributed by atoms with Crippen LogP contribution < -0.4 is 10.0 Å². The Kier molecular flexibility index (Phi) is 6.17. The zero-order chi connectivity index (χ0) is 22.9. The van der Waals surface area contributed by atoms with Crippen LogP contribution in [0.5, 0.6) is 0 Å². The van der Waals surface area contributed by atoms with Gasteiger partial charge < -0.3 is 10.1 Å². The Hall–Kier alpha value is -2.59. The second-order valence-electron chi connectivity index (χ2n) is 7.99. The van der Waals surface area contributed by atoms with Crippen molar-refractivity contribution in [2.75, 3.05) is 16.6 Å². The number of halogens is 3. The van der Waals surface area contributed by atoms with Crippen molar-refractivity contribution in [3.05, 3.63) is 53.1 Å². The third-order valence-corrected chi connectivity index (χ3v) is 7.05. The second-order valence-corrected chi connectivity index (χ2v) is 9.67. The van der Waals surface area contributed by atoms with Crippen molar-refractivity contribution < 1.29 is 31.1 Å². The number of amides is 1. The molecule has 10 heteroatoms. The van der Waals surface area contributed by atoms with Crippen LogP contribution in [-0.4, -0.2) is 27.0 Å². The summed E-state index contributed by atoms with van der Waals surface area (Å²) in [6, 6.07) is 7.61. The largest absolute Gasteiger partial charge is 0.418 e. The maximum Gasteiger partial charge on any atom is 0.418 e. The summed E-state index contributed by atoms with van der Waals surface area (Å²) in [6.45, 7) is 0.426. The highest BCUT2D eigenvalue weighted by Crippen LogP contribution is 2.38. The van der Waals surface area contributed by atoms with E-state index < -0.39 is 39.5 Å². The molecule has 0 aromatic heterocycles. The van der Waals surface area contributed by atoms with Gasteiger partial charge in [-0.05, 0) is 80.0 Å². The van der Waals surface area contributed by atoms with Crippen molar-refractivity contribution in [2.45, 2.75) is 55.7 Å². The molecule has 0 saturated carbocycles. The molecular formula is C22H23F3N2O4S. The van der Waals surface area contributed by atoms with Crippen molar-refractivity contribution >= 4 is 27.3 Å². The van der Waals surface area contributed by atoms with E-state index in [1.165, 1.54) is 18.2 Å². The van der Waals surface area contributed by atoms with Gasteiger partial charge >= 0.3 is 6.18 Å². The van der Waals surface area contributed by atoms with Crippen molar-refractivity contribution in [1.82, 2.24) is 0 Å². The van der Waals surface area contributed by atoms with E-state index in [0.717, 1.165) is 48.9 Å². The summed E-state index contributed by atoms with van der Waals surface area (Å²) in [5.74, 6) is -0.530. The topological polar surface area (TPSA) is 84.5 Å². The Labute approximate surface area is 184 Å². The van der Waals surface area contributed by atoms with Crippen LogP contribution in [0, 0.1) is 0 Å². The number of benzene rings is 2. The van der Waals surface area contributed by atoms with Crippen LogP contribution >= 0.6 is 0 Å². The fourth-order valence-electron chi connectivity index (χ4n) is 4.03. The maximum absolute atomic E-state index is 13.7. The van der Waals surface area contributed by atoms with Gasteiger partial charge in [-0.1, -0.05) is 6.07 Å². The van der Waals surface area contributed by atoms with Gasteiger partial charge in [0.05, 0.1) is 16.1 Å². The zero-order valence-corrected chi connectivity index (χ0v) is 18.0. The molecule has 1 heterocycles. The number of fused-ring (bicyclic) bond motifs is 1. The monoisotopic (exact) mass is 468 g/mol. The van der Waals surface area contributed by atoms with Crippen LogP contribution in [0.1, 0.15) is 42.4 Å². The van der Waals surface area contributed by atoms with Crippen LogP contribution in [-0.2, 0) is 38.6 Å². The van der Waals surface area contributed by atoms with Crippen LogP contribution in [0.2, 0.25) is 0 Å². The SMILES string of the molecule is O=C(Nc1ccc(NS(=O)(=O)c2ccc3c(c2)CCCC3)c(C(F)(F)F)c1)C1CCCO1. The third-order valence-electron chi connectivity index (χ3n) is 5.69. The molecule has 1 amide bonds. The smallest absolute Gasteiger partial charge is 0.368 e. The number of carbonyl (C=O) groups is 1. The Morgan fingerprint density at radius 1 is 1.00 bits per heavy atom. The first-order valence-corrected chi connectivity index (χ1v) is 11.9. The highest BCUT2D eigenvalue weighted by molar-refractivity contribution is 7.92. The number of sulfonamides is 1. The Balaban J connectivity index is 1.60. The van der Waals surface area contributed by atoms with Crippen molar-refractivity contribution in [1.29, 1.82) is 0 Å². The van der Waals surface area contributed by atoms with Crippen LogP contribution in [0.25, 0.3) is 0 Å². The fraction of sp³-hybridized carbons (Fsp3) is 0.409. The molecule has 0 radical (unpaired) electrons. The van der Waals surface area contributed by atoms with E-state index >= 15 is 0 Å². The van der Waals surface area contributed by atoms with E-state index in [9.17, 15) is 26.4 Å². The molecule has 172 valence electrons. The minimum absolute atomic E-state index is 0.0814. The third kappa shape index (κ3) is 4.91. The average molecular weight is 468 g/mol. The highest BCUT2D eigenvalue weighted by atomic mass is 32.2. The predicted molar refractivity (Wildman–Crippen MR) is 113 cm³/mol. The number of aryl methyl sites for hydroxylation is 2. The molecule has 1 aliphatic carbocycles. The van der Waals surface area contributed by atoms with E-state index in [1.807, 2.05) is 0 Å². The lowest BCUT2D eigenvalue weighted by Crippen LogP contribution is -2.27. The molecule has 4 rings (SSSR count). The molecule has 1 atom stereocenters. The Morgan fingerprint density at radius 3 is 2.44 bits per heavy atom. The zero-order valence-electron chi connectivity index (χ0n) is 17.2. The molecule has 6 nitrogen and oxygen atoms in total. The molecule has 2 N–H and O–H groups in total. The first-order valence-electron chi connectivity index (χ1n) is 10.4. The number of anilines is 2. The van der Waals surface area contributed by atoms with Crippen LogP contribution in [0.15, 0.2) is 41.3 Å². The van der Waals surface area contributed by atoms with Gasteiger partial charge in [0.25, 0.3) is 15.9 Å². The number of nitrogens with one attached hydrogen (secondary N) is 2. The standard InChI is InChI=1S/C22H23F3N2O4S/c23-22(24,25)18-13-16(26-21(28)20-6-3-11-31-20)8-10-19(18)27-32(29,30)17-9-7-14-4-1-2-5-15(14)12-17/h7-10,12-13,20,27H,1-6,11H2,(H,26,28). The second kappa shape index (κ2) is 8.74. The first-order chi connectivity index (χ1) is 15.1. The molecule has 1 fully saturated rings. The molecular weight excluding hydrogens is 445 g/mol. The summed E-state index contributed by atoms with van der Waals surface area (Å²) in [5, 5.41) is 2.41. The van der Waals surface area contributed by atoms with E-state index in [0.29, 0.717) is 19.4 Å². The van der Waals surface area contributed by atoms with E-state index in [1.54, 1.807) is 6.07 Å². The molecule has 1 aliphatic heterocycles. The molecule has 2 aromatic carbocycles. The number of carbonyl (C=O) groups excluding carboxylic acids is 1. The molecule has 2 aromatic rings. The van der Waals surface area contributed by atoms with Gasteiger partial charge in [-0.15, -0.1) is 0 Å². The molecule has 0 bridgehead atoms. The van der Waals surface area contributed by atoms with Crippen LogP contribution in [0.3, 0.4) is 0 Å². The van der Waals surface area contributed by atoms with Gasteiger partial charge in [0.1, 0.15) is 6.10 Å². The fourth-order valence-corrected chi connectivity index (χ4v) is 5.16. The first kappa shape index (κ1) is 22.6. The van der Waals surface area contributed by atoms with Crippen molar-refractivity contribution in [3.8, 4) is 0 Å². The molecule has 1 unspecified atom stereocenters. The normalized spacial score (nSPS) is 18.8. The summed E-state index contributed by atoms with van der Waals surface area (Å²) in [5.41, 5.74) is 0.0870. The van der Waals surface area contributed by atoms with E-state index in [4.69, 9.17) is 4.74 Å². The summed E-state index contributed by atoms with van der Waals surface area (Å²) < 4.78 is 74.1. The average Bonchev–Trinajstić information content (AvgIpc) is 3.28.